The fourth-order valence-corrected chi connectivity index (χ4v) is 9.34. The van der Waals surface area contributed by atoms with Gasteiger partial charge in [-0.2, -0.15) is 0 Å². The smallest absolute Gasteiger partial charge is 0.129 e. The van der Waals surface area contributed by atoms with E-state index in [4.69, 9.17) is 0 Å². The molecule has 5 aliphatic carbocycles. The summed E-state index contributed by atoms with van der Waals surface area (Å²) in [5, 5.41) is 0. The summed E-state index contributed by atoms with van der Waals surface area (Å²) in [6.07, 6.45) is 9.03. The van der Waals surface area contributed by atoms with Crippen molar-refractivity contribution in [2.75, 3.05) is 0 Å². The molecule has 2 heteroatoms. The molecular formula is C30H44O2. The normalized spacial score (nSPS) is 44.5. The molecule has 0 unspecified atom stereocenters. The number of Topliss-reactive ketones (excluding diaryl/α,β-unsaturated/α-hetero) is 2. The highest BCUT2D eigenvalue weighted by Crippen LogP contribution is 2.76. The first-order valence-corrected chi connectivity index (χ1v) is 13.2. The number of fused-ring (bicyclic) bond motifs is 6. The van der Waals surface area contributed by atoms with Crippen molar-refractivity contribution >= 4 is 11.6 Å². The van der Waals surface area contributed by atoms with Gasteiger partial charge in [-0.1, -0.05) is 57.4 Å². The third-order valence-electron chi connectivity index (χ3n) is 11.3. The lowest BCUT2D eigenvalue weighted by Gasteiger charge is -2.41. The molecule has 0 N–H and O–H groups in total. The molecule has 3 fully saturated rings. The van der Waals surface area contributed by atoms with Crippen LogP contribution in [0.2, 0.25) is 0 Å². The van der Waals surface area contributed by atoms with E-state index < -0.39 is 0 Å². The Morgan fingerprint density at radius 2 is 1.44 bits per heavy atom. The van der Waals surface area contributed by atoms with E-state index in [2.05, 4.69) is 47.6 Å². The van der Waals surface area contributed by atoms with Crippen molar-refractivity contribution in [3.8, 4) is 0 Å². The van der Waals surface area contributed by atoms with Crippen LogP contribution >= 0.6 is 0 Å². The van der Waals surface area contributed by atoms with Crippen LogP contribution in [-0.4, -0.2) is 11.6 Å². The van der Waals surface area contributed by atoms with Crippen molar-refractivity contribution in [1.29, 1.82) is 0 Å². The molecule has 2 nitrogen and oxygen atoms in total. The first kappa shape index (κ1) is 22.6. The number of carbonyl (C=O) groups excluding carboxylic acids is 2. The van der Waals surface area contributed by atoms with Crippen molar-refractivity contribution in [3.63, 3.8) is 0 Å². The van der Waals surface area contributed by atoms with Gasteiger partial charge in [0, 0.05) is 12.8 Å². The van der Waals surface area contributed by atoms with Crippen LogP contribution in [0.5, 0.6) is 0 Å². The minimum Gasteiger partial charge on any atom is -0.300 e. The van der Waals surface area contributed by atoms with E-state index >= 15 is 0 Å². The molecule has 0 aromatic rings. The number of ketones is 2. The summed E-state index contributed by atoms with van der Waals surface area (Å²) >= 11 is 0. The van der Waals surface area contributed by atoms with Crippen LogP contribution in [0.4, 0.5) is 0 Å². The molecule has 4 bridgehead atoms. The molecule has 176 valence electrons. The number of allylic oxidation sites excluding steroid dienone is 4. The molecule has 32 heavy (non-hydrogen) atoms. The molecule has 5 rings (SSSR count). The van der Waals surface area contributed by atoms with Gasteiger partial charge < -0.3 is 9.59 Å². The monoisotopic (exact) mass is 436 g/mol. The Morgan fingerprint density at radius 3 is 2.00 bits per heavy atom. The quantitative estimate of drug-likeness (QED) is 0.377. The summed E-state index contributed by atoms with van der Waals surface area (Å²) in [7, 11) is 0. The largest absolute Gasteiger partial charge is 0.300 e. The second kappa shape index (κ2) is 6.92. The third-order valence-corrected chi connectivity index (χ3v) is 11.3. The molecule has 0 amide bonds. The Kier molecular flexibility index (Phi) is 4.89. The molecule has 8 atom stereocenters. The Hall–Kier alpha value is -1.18. The van der Waals surface area contributed by atoms with Gasteiger partial charge in [-0.3, -0.25) is 0 Å². The maximum Gasteiger partial charge on any atom is 0.129 e. The summed E-state index contributed by atoms with van der Waals surface area (Å²) in [5.41, 5.74) is 6.29. The first-order valence-electron chi connectivity index (χ1n) is 13.2. The SMILES string of the molecule is CC(=O)CC[C@H]1[C@@H](C2=C[C@@H]3C[C@@]2(C)[C@H]2C[C@@H]3C([C@@H]3[C@H](CCC(C)=O)C3(C)C)=C2C)C1(C)C. The fraction of sp³-hybridized carbons (Fsp3) is 0.800. The predicted molar refractivity (Wildman–Crippen MR) is 130 cm³/mol. The average molecular weight is 437 g/mol. The van der Waals surface area contributed by atoms with Crippen LogP contribution in [-0.2, 0) is 9.59 Å². The van der Waals surface area contributed by atoms with Gasteiger partial charge in [-0.05, 0) is 104 Å². The summed E-state index contributed by atoms with van der Waals surface area (Å²) in [6.45, 7) is 18.3. The van der Waals surface area contributed by atoms with Gasteiger partial charge in [0.05, 0.1) is 0 Å². The molecule has 0 aliphatic heterocycles. The van der Waals surface area contributed by atoms with Crippen molar-refractivity contribution in [1.82, 2.24) is 0 Å². The molecule has 3 saturated carbocycles. The average Bonchev–Trinajstić information content (AvgIpc) is 3.26. The van der Waals surface area contributed by atoms with Gasteiger partial charge in [0.15, 0.2) is 0 Å². The zero-order chi connectivity index (χ0) is 23.4. The lowest BCUT2D eigenvalue weighted by molar-refractivity contribution is -0.118. The third kappa shape index (κ3) is 3.03. The van der Waals surface area contributed by atoms with Crippen molar-refractivity contribution in [3.05, 3.63) is 22.8 Å². The lowest BCUT2D eigenvalue weighted by atomic mass is 9.63. The van der Waals surface area contributed by atoms with Gasteiger partial charge in [0.2, 0.25) is 0 Å². The number of rotatable bonds is 8. The minimum absolute atomic E-state index is 0.313. The number of hydrogen-bond donors (Lipinski definition) is 0. The Morgan fingerprint density at radius 1 is 0.906 bits per heavy atom. The first-order chi connectivity index (χ1) is 14.8. The molecule has 0 aromatic heterocycles. The molecule has 5 aliphatic rings. The van der Waals surface area contributed by atoms with Gasteiger partial charge in [-0.15, -0.1) is 0 Å². The number of carbonyl (C=O) groups is 2. The Bertz CT molecular complexity index is 930. The minimum atomic E-state index is 0.313. The van der Waals surface area contributed by atoms with E-state index in [0.717, 1.165) is 31.6 Å². The van der Waals surface area contributed by atoms with Gasteiger partial charge in [-0.25, -0.2) is 0 Å². The maximum atomic E-state index is 11.6. The fourth-order valence-electron chi connectivity index (χ4n) is 9.34. The molecule has 0 spiro atoms. The zero-order valence-electron chi connectivity index (χ0n) is 21.7. The van der Waals surface area contributed by atoms with Crippen molar-refractivity contribution < 1.29 is 9.59 Å². The summed E-state index contributed by atoms with van der Waals surface area (Å²) in [6, 6.07) is 0. The van der Waals surface area contributed by atoms with E-state index in [9.17, 15) is 9.59 Å². The Labute approximate surface area is 195 Å². The van der Waals surface area contributed by atoms with Crippen LogP contribution < -0.4 is 0 Å². The summed E-state index contributed by atoms with van der Waals surface area (Å²) in [4.78, 5) is 23.3. The topological polar surface area (TPSA) is 34.1 Å². The van der Waals surface area contributed by atoms with Crippen LogP contribution in [0.3, 0.4) is 0 Å². The van der Waals surface area contributed by atoms with Gasteiger partial charge in [0.25, 0.3) is 0 Å². The second-order valence-corrected chi connectivity index (χ2v) is 13.7. The van der Waals surface area contributed by atoms with Crippen LogP contribution in [0.15, 0.2) is 22.8 Å². The van der Waals surface area contributed by atoms with Crippen molar-refractivity contribution in [2.45, 2.75) is 93.9 Å². The van der Waals surface area contributed by atoms with E-state index in [-0.39, 0.29) is 0 Å². The molecule has 0 saturated heterocycles. The highest BCUT2D eigenvalue weighted by atomic mass is 16.1. The second-order valence-electron chi connectivity index (χ2n) is 13.7. The zero-order valence-corrected chi connectivity index (χ0v) is 21.7. The molecular weight excluding hydrogens is 392 g/mol. The summed E-state index contributed by atoms with van der Waals surface area (Å²) in [5.74, 6) is 5.53. The van der Waals surface area contributed by atoms with Crippen LogP contribution in [0.1, 0.15) is 93.9 Å². The predicted octanol–water partition coefficient (Wildman–Crippen LogP) is 7.19. The molecule has 0 aromatic carbocycles. The molecule has 0 radical (unpaired) electrons. The van der Waals surface area contributed by atoms with Gasteiger partial charge in [0.1, 0.15) is 11.6 Å². The van der Waals surface area contributed by atoms with E-state index in [0.29, 0.717) is 63.3 Å². The van der Waals surface area contributed by atoms with Crippen LogP contribution in [0.25, 0.3) is 0 Å². The number of hydrogen-bond acceptors (Lipinski definition) is 2. The Balaban J connectivity index is 1.40. The van der Waals surface area contributed by atoms with Crippen molar-refractivity contribution in [2.24, 2.45) is 57.7 Å². The van der Waals surface area contributed by atoms with Gasteiger partial charge >= 0.3 is 0 Å². The highest BCUT2D eigenvalue weighted by molar-refractivity contribution is 5.75. The van der Waals surface area contributed by atoms with E-state index in [1.165, 1.54) is 12.8 Å². The maximum absolute atomic E-state index is 11.6. The highest BCUT2D eigenvalue weighted by Gasteiger charge is 2.68. The van der Waals surface area contributed by atoms with E-state index in [1.807, 2.05) is 0 Å². The van der Waals surface area contributed by atoms with Crippen LogP contribution in [0, 0.1) is 57.7 Å². The standard InChI is InChI=1S/C30H44O2/c1-16(31)9-11-21-26(28(21,4)5)24-13-19-15-30(24,8)23-14-20(19)25(18(23)3)27-22(29(27,6)7)12-10-17(2)32/h13,19-23,26-27H,9-12,14-15H2,1-8H3/t19-,20+,21+,22+,23+,26+,27+,30+/m1/s1. The lowest BCUT2D eigenvalue weighted by Crippen LogP contribution is -2.33. The van der Waals surface area contributed by atoms with E-state index in [1.54, 1.807) is 30.6 Å². The molecule has 0 heterocycles. The summed E-state index contributed by atoms with van der Waals surface area (Å²) < 4.78 is 0.